The summed E-state index contributed by atoms with van der Waals surface area (Å²) in [6, 6.07) is 1.80. The van der Waals surface area contributed by atoms with Crippen molar-refractivity contribution in [2.45, 2.75) is 26.8 Å². The van der Waals surface area contributed by atoms with Gasteiger partial charge < -0.3 is 9.99 Å². The molecular weight excluding hydrogens is 216 g/mol. The molecule has 0 spiro atoms. The van der Waals surface area contributed by atoms with Crippen LogP contribution in [0.15, 0.2) is 18.6 Å². The second kappa shape index (κ2) is 4.92. The van der Waals surface area contributed by atoms with Crippen LogP contribution in [-0.4, -0.2) is 19.5 Å². The van der Waals surface area contributed by atoms with E-state index < -0.39 is 0 Å². The summed E-state index contributed by atoms with van der Waals surface area (Å²) in [5, 5.41) is 0. The number of hydrogen-bond donors (Lipinski definition) is 2. The van der Waals surface area contributed by atoms with Gasteiger partial charge in [0.25, 0.3) is 0 Å². The maximum Gasteiger partial charge on any atom is 0.180 e. The van der Waals surface area contributed by atoms with Crippen molar-refractivity contribution in [2.24, 2.45) is 5.84 Å². The SMILES string of the molecule is CCCn1cncc1-c1nc(C)cc(NN)n1. The summed E-state index contributed by atoms with van der Waals surface area (Å²) in [4.78, 5) is 12.9. The van der Waals surface area contributed by atoms with Crippen LogP contribution in [0.4, 0.5) is 5.82 Å². The molecule has 0 bridgehead atoms. The number of nitrogens with zero attached hydrogens (tertiary/aromatic N) is 4. The van der Waals surface area contributed by atoms with E-state index in [1.165, 1.54) is 0 Å². The van der Waals surface area contributed by atoms with Crippen LogP contribution in [0, 0.1) is 6.92 Å². The largest absolute Gasteiger partial charge is 0.328 e. The van der Waals surface area contributed by atoms with E-state index in [4.69, 9.17) is 5.84 Å². The third-order valence-electron chi connectivity index (χ3n) is 2.41. The monoisotopic (exact) mass is 232 g/mol. The molecule has 0 fully saturated rings. The molecule has 0 radical (unpaired) electrons. The Balaban J connectivity index is 2.44. The summed E-state index contributed by atoms with van der Waals surface area (Å²) in [6.45, 7) is 4.93. The Morgan fingerprint density at radius 1 is 1.41 bits per heavy atom. The van der Waals surface area contributed by atoms with Gasteiger partial charge >= 0.3 is 0 Å². The zero-order chi connectivity index (χ0) is 12.3. The van der Waals surface area contributed by atoms with Gasteiger partial charge in [0.2, 0.25) is 0 Å². The highest BCUT2D eigenvalue weighted by atomic mass is 15.3. The molecule has 90 valence electrons. The first-order valence-corrected chi connectivity index (χ1v) is 5.57. The molecule has 0 amide bonds. The zero-order valence-electron chi connectivity index (χ0n) is 10.0. The summed E-state index contributed by atoms with van der Waals surface area (Å²) in [5.74, 6) is 6.63. The topological polar surface area (TPSA) is 81.7 Å². The molecule has 6 heteroatoms. The minimum Gasteiger partial charge on any atom is -0.328 e. The van der Waals surface area contributed by atoms with Crippen molar-refractivity contribution in [2.75, 3.05) is 5.43 Å². The Bertz CT molecular complexity index is 504. The number of imidazole rings is 1. The number of nitrogens with one attached hydrogen (secondary N) is 1. The lowest BCUT2D eigenvalue weighted by Gasteiger charge is -2.07. The van der Waals surface area contributed by atoms with Crippen LogP contribution in [-0.2, 0) is 6.54 Å². The van der Waals surface area contributed by atoms with E-state index in [9.17, 15) is 0 Å². The Morgan fingerprint density at radius 2 is 2.24 bits per heavy atom. The van der Waals surface area contributed by atoms with Crippen molar-refractivity contribution in [3.05, 3.63) is 24.3 Å². The van der Waals surface area contributed by atoms with Crippen molar-refractivity contribution < 1.29 is 0 Å². The Kier molecular flexibility index (Phi) is 3.34. The highest BCUT2D eigenvalue weighted by Crippen LogP contribution is 2.17. The molecule has 0 saturated heterocycles. The third kappa shape index (κ3) is 2.42. The molecule has 0 aliphatic heterocycles. The molecule has 2 aromatic rings. The van der Waals surface area contributed by atoms with E-state index in [2.05, 4.69) is 27.3 Å². The smallest absolute Gasteiger partial charge is 0.180 e. The fraction of sp³-hybridized carbons (Fsp3) is 0.364. The van der Waals surface area contributed by atoms with Gasteiger partial charge in [-0.25, -0.2) is 20.8 Å². The predicted molar refractivity (Wildman–Crippen MR) is 66.1 cm³/mol. The molecule has 6 nitrogen and oxygen atoms in total. The van der Waals surface area contributed by atoms with Crippen LogP contribution in [0.1, 0.15) is 19.0 Å². The Labute approximate surface area is 99.9 Å². The van der Waals surface area contributed by atoms with Crippen molar-refractivity contribution in [3.8, 4) is 11.5 Å². The summed E-state index contributed by atoms with van der Waals surface area (Å²) in [7, 11) is 0. The lowest BCUT2D eigenvalue weighted by atomic mass is 10.3. The van der Waals surface area contributed by atoms with Gasteiger partial charge in [0, 0.05) is 18.3 Å². The summed E-state index contributed by atoms with van der Waals surface area (Å²) >= 11 is 0. The van der Waals surface area contributed by atoms with Crippen LogP contribution in [0.3, 0.4) is 0 Å². The van der Waals surface area contributed by atoms with E-state index in [1.807, 2.05) is 11.5 Å². The fourth-order valence-corrected chi connectivity index (χ4v) is 1.68. The summed E-state index contributed by atoms with van der Waals surface area (Å²) in [6.07, 6.45) is 4.60. The molecule has 0 aromatic carbocycles. The van der Waals surface area contributed by atoms with Crippen LogP contribution in [0.25, 0.3) is 11.5 Å². The van der Waals surface area contributed by atoms with Crippen molar-refractivity contribution in [1.29, 1.82) is 0 Å². The van der Waals surface area contributed by atoms with Gasteiger partial charge in [-0.3, -0.25) is 0 Å². The van der Waals surface area contributed by atoms with E-state index in [-0.39, 0.29) is 0 Å². The van der Waals surface area contributed by atoms with Crippen LogP contribution >= 0.6 is 0 Å². The van der Waals surface area contributed by atoms with E-state index in [1.54, 1.807) is 18.6 Å². The Morgan fingerprint density at radius 3 is 2.94 bits per heavy atom. The molecular formula is C11H16N6. The quantitative estimate of drug-likeness (QED) is 0.614. The maximum absolute atomic E-state index is 5.38. The molecule has 17 heavy (non-hydrogen) atoms. The van der Waals surface area contributed by atoms with Gasteiger partial charge in [0.15, 0.2) is 5.82 Å². The molecule has 0 unspecified atom stereocenters. The average Bonchev–Trinajstić information content (AvgIpc) is 2.77. The fourth-order valence-electron chi connectivity index (χ4n) is 1.68. The zero-order valence-corrected chi connectivity index (χ0v) is 10.0. The number of anilines is 1. The molecule has 0 aliphatic rings. The van der Waals surface area contributed by atoms with Gasteiger partial charge in [0.1, 0.15) is 11.5 Å². The number of nitrogens with two attached hydrogens (primary N) is 1. The van der Waals surface area contributed by atoms with E-state index in [0.717, 1.165) is 24.4 Å². The number of hydrogen-bond acceptors (Lipinski definition) is 5. The third-order valence-corrected chi connectivity index (χ3v) is 2.41. The Hall–Kier alpha value is -1.95. The number of nitrogen functional groups attached to an aromatic ring is 1. The average molecular weight is 232 g/mol. The second-order valence-electron chi connectivity index (χ2n) is 3.83. The van der Waals surface area contributed by atoms with Gasteiger partial charge in [-0.05, 0) is 13.3 Å². The number of hydrazine groups is 1. The highest BCUT2D eigenvalue weighted by molar-refractivity contribution is 5.52. The van der Waals surface area contributed by atoms with E-state index >= 15 is 0 Å². The molecule has 2 heterocycles. The number of aryl methyl sites for hydroxylation is 2. The molecule has 0 atom stereocenters. The second-order valence-corrected chi connectivity index (χ2v) is 3.83. The van der Waals surface area contributed by atoms with Crippen LogP contribution in [0.5, 0.6) is 0 Å². The van der Waals surface area contributed by atoms with Crippen molar-refractivity contribution in [3.63, 3.8) is 0 Å². The highest BCUT2D eigenvalue weighted by Gasteiger charge is 2.09. The van der Waals surface area contributed by atoms with Gasteiger partial charge in [-0.2, -0.15) is 0 Å². The minimum atomic E-state index is 0.608. The van der Waals surface area contributed by atoms with Crippen molar-refractivity contribution >= 4 is 5.82 Å². The summed E-state index contributed by atoms with van der Waals surface area (Å²) < 4.78 is 2.04. The molecule has 0 saturated carbocycles. The predicted octanol–water partition coefficient (Wildman–Crippen LogP) is 1.34. The van der Waals surface area contributed by atoms with Crippen LogP contribution in [0.2, 0.25) is 0 Å². The first-order valence-electron chi connectivity index (χ1n) is 5.57. The summed E-state index contributed by atoms with van der Waals surface area (Å²) in [5.41, 5.74) is 4.32. The number of rotatable bonds is 4. The first kappa shape index (κ1) is 11.5. The first-order chi connectivity index (χ1) is 8.24. The van der Waals surface area contributed by atoms with Crippen LogP contribution < -0.4 is 11.3 Å². The van der Waals surface area contributed by atoms with Gasteiger partial charge in [-0.15, -0.1) is 0 Å². The van der Waals surface area contributed by atoms with E-state index in [0.29, 0.717) is 11.6 Å². The minimum absolute atomic E-state index is 0.608. The van der Waals surface area contributed by atoms with Gasteiger partial charge in [-0.1, -0.05) is 6.92 Å². The number of aromatic nitrogens is 4. The normalized spacial score (nSPS) is 10.5. The standard InChI is InChI=1S/C11H16N6/c1-3-4-17-7-13-6-9(17)11-14-8(2)5-10(15-11)16-12/h5-7H,3-4,12H2,1-2H3,(H,14,15,16). The molecule has 3 N–H and O–H groups in total. The van der Waals surface area contributed by atoms with Crippen molar-refractivity contribution in [1.82, 2.24) is 19.5 Å². The molecule has 2 rings (SSSR count). The molecule has 0 aliphatic carbocycles. The lowest BCUT2D eigenvalue weighted by Crippen LogP contribution is -2.10. The molecule has 2 aromatic heterocycles. The lowest BCUT2D eigenvalue weighted by molar-refractivity contribution is 0.681. The maximum atomic E-state index is 5.38. The van der Waals surface area contributed by atoms with Gasteiger partial charge in [0.05, 0.1) is 12.5 Å².